The first-order valence-electron chi connectivity index (χ1n) is 10.2. The molecule has 4 aromatic rings. The minimum absolute atomic E-state index is 0.167. The van der Waals surface area contributed by atoms with Crippen molar-refractivity contribution in [3.63, 3.8) is 0 Å². The third-order valence-corrected chi connectivity index (χ3v) is 6.81. The summed E-state index contributed by atoms with van der Waals surface area (Å²) in [6, 6.07) is 9.86. The Morgan fingerprint density at radius 1 is 1.23 bits per heavy atom. The van der Waals surface area contributed by atoms with Gasteiger partial charge >= 0.3 is 11.7 Å². The van der Waals surface area contributed by atoms with Crippen molar-refractivity contribution < 1.29 is 9.90 Å². The molecule has 1 atom stereocenters. The van der Waals surface area contributed by atoms with Gasteiger partial charge in [-0.05, 0) is 73.5 Å². The van der Waals surface area contributed by atoms with Gasteiger partial charge < -0.3 is 5.11 Å². The minimum Gasteiger partial charge on any atom is -0.480 e. The maximum atomic E-state index is 13.5. The number of hydrogen-bond acceptors (Lipinski definition) is 5. The van der Waals surface area contributed by atoms with E-state index in [1.807, 2.05) is 13.8 Å². The number of hydrogen-bond donors (Lipinski definition) is 1. The summed E-state index contributed by atoms with van der Waals surface area (Å²) >= 11 is 1.38. The van der Waals surface area contributed by atoms with Crippen LogP contribution in [0.3, 0.4) is 0 Å². The van der Waals surface area contributed by atoms with Crippen LogP contribution < -0.4 is 11.2 Å². The molecule has 0 radical (unpaired) electrons. The van der Waals surface area contributed by atoms with Crippen LogP contribution in [0.1, 0.15) is 35.7 Å². The second kappa shape index (κ2) is 7.16. The number of aryl methyl sites for hydroxylation is 2. The molecule has 1 aliphatic rings. The third kappa shape index (κ3) is 3.18. The van der Waals surface area contributed by atoms with Crippen LogP contribution in [0, 0.1) is 19.8 Å². The van der Waals surface area contributed by atoms with Crippen LogP contribution in [0.4, 0.5) is 0 Å². The standard InChI is InChI=1S/C23H21N3O4S/c1-12-9-13(2)19-16(24-31-18(19)10-12)11-25-17-6-4-3-5-15(17)21(27)26(23(25)30)20(22(28)29)14-7-8-14/h3-6,9-10,14,20H,7-8,11H2,1-2H3,(H,28,29)/t20-/m0/s1. The van der Waals surface area contributed by atoms with E-state index in [0.717, 1.165) is 31.5 Å². The molecule has 0 amide bonds. The van der Waals surface area contributed by atoms with Crippen molar-refractivity contribution in [2.75, 3.05) is 0 Å². The van der Waals surface area contributed by atoms with Crippen LogP contribution >= 0.6 is 11.5 Å². The van der Waals surface area contributed by atoms with Crippen LogP contribution in [0.5, 0.6) is 0 Å². The largest absolute Gasteiger partial charge is 0.480 e. The average molecular weight is 436 g/mol. The van der Waals surface area contributed by atoms with Crippen LogP contribution in [-0.4, -0.2) is 24.6 Å². The van der Waals surface area contributed by atoms with Crippen molar-refractivity contribution in [1.82, 2.24) is 13.5 Å². The zero-order chi connectivity index (χ0) is 21.9. The minimum atomic E-state index is -1.15. The summed E-state index contributed by atoms with van der Waals surface area (Å²) in [6.07, 6.45) is 1.40. The lowest BCUT2D eigenvalue weighted by atomic mass is 10.1. The average Bonchev–Trinajstić information content (AvgIpc) is 3.47. The van der Waals surface area contributed by atoms with Crippen LogP contribution in [0.15, 0.2) is 46.0 Å². The van der Waals surface area contributed by atoms with Gasteiger partial charge in [0.25, 0.3) is 5.56 Å². The zero-order valence-corrected chi connectivity index (χ0v) is 18.0. The monoisotopic (exact) mass is 435 g/mol. The fourth-order valence-corrected chi connectivity index (χ4v) is 5.42. The molecule has 0 spiro atoms. The van der Waals surface area contributed by atoms with E-state index in [1.165, 1.54) is 16.1 Å². The topological polar surface area (TPSA) is 94.2 Å². The number of carboxylic acids is 1. The molecule has 0 aliphatic heterocycles. The van der Waals surface area contributed by atoms with Crippen molar-refractivity contribution in [3.8, 4) is 0 Å². The Kier molecular flexibility index (Phi) is 4.55. The van der Waals surface area contributed by atoms with Gasteiger partial charge in [-0.1, -0.05) is 18.2 Å². The van der Waals surface area contributed by atoms with Gasteiger partial charge in [0.05, 0.1) is 27.8 Å². The Hall–Kier alpha value is -3.26. The predicted octanol–water partition coefficient (Wildman–Crippen LogP) is 3.47. The number of aromatic nitrogens is 3. The van der Waals surface area contributed by atoms with Gasteiger partial charge in [0.15, 0.2) is 0 Å². The number of carbonyl (C=O) groups is 1. The first kappa shape index (κ1) is 19.7. The second-order valence-corrected chi connectivity index (χ2v) is 9.07. The molecule has 8 heteroatoms. The molecule has 0 saturated heterocycles. The Morgan fingerprint density at radius 3 is 2.68 bits per heavy atom. The van der Waals surface area contributed by atoms with E-state index in [4.69, 9.17) is 0 Å². The van der Waals surface area contributed by atoms with Crippen molar-refractivity contribution >= 4 is 38.5 Å². The van der Waals surface area contributed by atoms with E-state index in [2.05, 4.69) is 16.5 Å². The molecule has 2 aromatic carbocycles. The molecule has 1 saturated carbocycles. The molecule has 158 valence electrons. The number of rotatable bonds is 5. The SMILES string of the molecule is Cc1cc(C)c2c(Cn3c(=O)n([C@H](C(=O)O)C4CC4)c(=O)c4ccccc43)nsc2c1. The van der Waals surface area contributed by atoms with Crippen LogP contribution in [-0.2, 0) is 11.3 Å². The van der Waals surface area contributed by atoms with E-state index in [-0.39, 0.29) is 12.5 Å². The predicted molar refractivity (Wildman–Crippen MR) is 120 cm³/mol. The smallest absolute Gasteiger partial charge is 0.332 e. The highest BCUT2D eigenvalue weighted by Crippen LogP contribution is 2.39. The molecule has 0 bridgehead atoms. The van der Waals surface area contributed by atoms with Crippen molar-refractivity contribution in [2.24, 2.45) is 5.92 Å². The number of aliphatic carboxylic acids is 1. The first-order valence-corrected chi connectivity index (χ1v) is 11.0. The van der Waals surface area contributed by atoms with E-state index >= 15 is 0 Å². The van der Waals surface area contributed by atoms with Gasteiger partial charge in [-0.2, -0.15) is 4.37 Å². The van der Waals surface area contributed by atoms with Crippen molar-refractivity contribution in [3.05, 3.63) is 74.1 Å². The summed E-state index contributed by atoms with van der Waals surface area (Å²) in [5.41, 5.74) is 2.30. The summed E-state index contributed by atoms with van der Waals surface area (Å²) in [7, 11) is 0. The molecular formula is C23H21N3O4S. The second-order valence-electron chi connectivity index (χ2n) is 8.27. The third-order valence-electron chi connectivity index (χ3n) is 5.98. The molecule has 1 aliphatic carbocycles. The van der Waals surface area contributed by atoms with Gasteiger partial charge in [-0.3, -0.25) is 9.36 Å². The number of fused-ring (bicyclic) bond motifs is 2. The van der Waals surface area contributed by atoms with E-state index in [0.29, 0.717) is 23.7 Å². The molecule has 31 heavy (non-hydrogen) atoms. The highest BCUT2D eigenvalue weighted by Gasteiger charge is 2.40. The van der Waals surface area contributed by atoms with Crippen molar-refractivity contribution in [1.29, 1.82) is 0 Å². The highest BCUT2D eigenvalue weighted by molar-refractivity contribution is 7.13. The Bertz CT molecular complexity index is 1480. The molecule has 5 rings (SSSR count). The molecule has 7 nitrogen and oxygen atoms in total. The number of nitrogens with zero attached hydrogens (tertiary/aromatic N) is 3. The van der Waals surface area contributed by atoms with Crippen LogP contribution in [0.2, 0.25) is 0 Å². The molecule has 2 aromatic heterocycles. The molecule has 2 heterocycles. The summed E-state index contributed by atoms with van der Waals surface area (Å²) in [5.74, 6) is -1.34. The summed E-state index contributed by atoms with van der Waals surface area (Å²) in [4.78, 5) is 38.7. The van der Waals surface area contributed by atoms with Gasteiger partial charge in [0.1, 0.15) is 6.04 Å². The zero-order valence-electron chi connectivity index (χ0n) is 17.2. The lowest BCUT2D eigenvalue weighted by Crippen LogP contribution is -2.45. The molecule has 1 N–H and O–H groups in total. The Balaban J connectivity index is 1.77. The maximum absolute atomic E-state index is 13.5. The van der Waals surface area contributed by atoms with Crippen LogP contribution in [0.25, 0.3) is 21.0 Å². The van der Waals surface area contributed by atoms with E-state index in [1.54, 1.807) is 24.3 Å². The fourth-order valence-electron chi connectivity index (χ4n) is 4.45. The number of benzene rings is 2. The Labute approximate surface area is 181 Å². The first-order chi connectivity index (χ1) is 14.9. The van der Waals surface area contributed by atoms with E-state index in [9.17, 15) is 19.5 Å². The lowest BCUT2D eigenvalue weighted by molar-refractivity contribution is -0.141. The molecule has 1 fully saturated rings. The maximum Gasteiger partial charge on any atom is 0.332 e. The molecular weight excluding hydrogens is 414 g/mol. The van der Waals surface area contributed by atoms with Gasteiger partial charge in [-0.25, -0.2) is 14.2 Å². The van der Waals surface area contributed by atoms with Gasteiger partial charge in [0, 0.05) is 5.39 Å². The lowest BCUT2D eigenvalue weighted by Gasteiger charge is -2.18. The highest BCUT2D eigenvalue weighted by atomic mass is 32.1. The van der Waals surface area contributed by atoms with Gasteiger partial charge in [0.2, 0.25) is 0 Å². The number of carboxylic acid groups (broad SMARTS) is 1. The van der Waals surface area contributed by atoms with Crippen molar-refractivity contribution in [2.45, 2.75) is 39.3 Å². The normalized spacial score (nSPS) is 14.9. The van der Waals surface area contributed by atoms with Gasteiger partial charge in [-0.15, -0.1) is 0 Å². The fraction of sp³-hybridized carbons (Fsp3) is 0.304. The summed E-state index contributed by atoms with van der Waals surface area (Å²) < 4.78 is 8.07. The quantitative estimate of drug-likeness (QED) is 0.518. The number of para-hydroxylation sites is 1. The van der Waals surface area contributed by atoms with E-state index < -0.39 is 23.3 Å². The molecule has 0 unspecified atom stereocenters. The summed E-state index contributed by atoms with van der Waals surface area (Å²) in [6.45, 7) is 4.22. The Morgan fingerprint density at radius 2 is 1.97 bits per heavy atom. The summed E-state index contributed by atoms with van der Waals surface area (Å²) in [5, 5.41) is 11.1.